The number of benzene rings is 2. The summed E-state index contributed by atoms with van der Waals surface area (Å²) in [7, 11) is 0. The van der Waals surface area contributed by atoms with Crippen molar-refractivity contribution in [3.8, 4) is 11.1 Å². The van der Waals surface area contributed by atoms with Gasteiger partial charge in [-0.15, -0.1) is 0 Å². The highest BCUT2D eigenvalue weighted by molar-refractivity contribution is 5.81. The molecule has 1 amide bonds. The van der Waals surface area contributed by atoms with Gasteiger partial charge in [0, 0.05) is 25.0 Å². The van der Waals surface area contributed by atoms with E-state index in [1.807, 2.05) is 24.3 Å². The van der Waals surface area contributed by atoms with Crippen molar-refractivity contribution in [1.82, 2.24) is 4.90 Å². The Kier molecular flexibility index (Phi) is 4.32. The average Bonchev–Trinajstić information content (AvgIpc) is 3.30. The van der Waals surface area contributed by atoms with Crippen molar-refractivity contribution in [2.45, 2.75) is 24.4 Å². The molecule has 6 heteroatoms. The first-order valence-corrected chi connectivity index (χ1v) is 10.1. The van der Waals surface area contributed by atoms with Crippen LogP contribution < -0.4 is 0 Å². The lowest BCUT2D eigenvalue weighted by Gasteiger charge is -2.34. The van der Waals surface area contributed by atoms with Crippen molar-refractivity contribution < 1.29 is 24.2 Å². The predicted octanol–water partition coefficient (Wildman–Crippen LogP) is 3.50. The van der Waals surface area contributed by atoms with Crippen LogP contribution in [0.1, 0.15) is 29.9 Å². The number of carboxylic acid groups (broad SMARTS) is 1. The van der Waals surface area contributed by atoms with E-state index in [0.29, 0.717) is 13.2 Å². The number of amides is 1. The smallest absolute Gasteiger partial charge is 0.409 e. The highest BCUT2D eigenvalue weighted by atomic mass is 16.6. The van der Waals surface area contributed by atoms with Gasteiger partial charge in [0.25, 0.3) is 0 Å². The molecule has 0 saturated carbocycles. The van der Waals surface area contributed by atoms with Crippen molar-refractivity contribution >= 4 is 12.1 Å². The van der Waals surface area contributed by atoms with Crippen molar-refractivity contribution in [3.05, 3.63) is 59.7 Å². The summed E-state index contributed by atoms with van der Waals surface area (Å²) in [4.78, 5) is 26.2. The number of hydrogen-bond acceptors (Lipinski definition) is 4. The van der Waals surface area contributed by atoms with E-state index in [2.05, 4.69) is 24.3 Å². The average molecular weight is 393 g/mol. The van der Waals surface area contributed by atoms with Crippen molar-refractivity contribution in [2.75, 3.05) is 26.3 Å². The number of carbonyl (C=O) groups is 2. The molecule has 6 nitrogen and oxygen atoms in total. The second-order valence-electron chi connectivity index (χ2n) is 8.07. The molecule has 2 heterocycles. The molecule has 1 aliphatic carbocycles. The molecule has 1 N–H and O–H groups in total. The molecule has 2 fully saturated rings. The van der Waals surface area contributed by atoms with E-state index >= 15 is 0 Å². The van der Waals surface area contributed by atoms with Crippen LogP contribution in [0.15, 0.2) is 48.5 Å². The van der Waals surface area contributed by atoms with Crippen molar-refractivity contribution in [2.24, 2.45) is 5.92 Å². The maximum Gasteiger partial charge on any atom is 0.409 e. The minimum Gasteiger partial charge on any atom is -0.479 e. The number of ether oxygens (including phenoxy) is 2. The minimum atomic E-state index is -1.29. The maximum absolute atomic E-state index is 12.8. The number of nitrogens with zero attached hydrogens (tertiary/aromatic N) is 1. The van der Waals surface area contributed by atoms with Crippen molar-refractivity contribution in [1.29, 1.82) is 0 Å². The van der Waals surface area contributed by atoms with E-state index in [9.17, 15) is 14.7 Å². The van der Waals surface area contributed by atoms with Gasteiger partial charge in [-0.3, -0.25) is 0 Å². The standard InChI is InChI=1S/C23H23NO5/c25-21(26)23-14-24(12-15(23)6-5-11-29-23)22(27)28-13-20-18-9-3-1-7-16(18)17-8-2-4-10-19(17)20/h1-4,7-10,15,20H,5-6,11-14H2,(H,25,26). The zero-order valence-corrected chi connectivity index (χ0v) is 16.0. The van der Waals surface area contributed by atoms with Gasteiger partial charge in [0.2, 0.25) is 0 Å². The van der Waals surface area contributed by atoms with Gasteiger partial charge in [-0.05, 0) is 35.1 Å². The molecule has 2 atom stereocenters. The van der Waals surface area contributed by atoms with Crippen LogP contribution in [0.5, 0.6) is 0 Å². The van der Waals surface area contributed by atoms with Crippen LogP contribution in [0, 0.1) is 5.92 Å². The molecule has 0 spiro atoms. The van der Waals surface area contributed by atoms with Crippen LogP contribution >= 0.6 is 0 Å². The van der Waals surface area contributed by atoms with Crippen LogP contribution in [0.2, 0.25) is 0 Å². The van der Waals surface area contributed by atoms with Crippen LogP contribution in [-0.4, -0.2) is 54.0 Å². The topological polar surface area (TPSA) is 76.1 Å². The van der Waals surface area contributed by atoms with Gasteiger partial charge < -0.3 is 19.5 Å². The number of likely N-dealkylation sites (tertiary alicyclic amines) is 1. The van der Waals surface area contributed by atoms with Gasteiger partial charge in [-0.25, -0.2) is 9.59 Å². The van der Waals surface area contributed by atoms with Crippen LogP contribution in [0.25, 0.3) is 11.1 Å². The molecule has 5 rings (SSSR count). The first-order chi connectivity index (χ1) is 14.1. The quantitative estimate of drug-likeness (QED) is 0.864. The lowest BCUT2D eigenvalue weighted by molar-refractivity contribution is -0.175. The fourth-order valence-electron chi connectivity index (χ4n) is 5.09. The number of hydrogen-bond donors (Lipinski definition) is 1. The molecule has 0 radical (unpaired) electrons. The minimum absolute atomic E-state index is 0.0130. The molecule has 2 saturated heterocycles. The van der Waals surface area contributed by atoms with E-state index in [1.165, 1.54) is 16.0 Å². The molecule has 2 aromatic rings. The lowest BCUT2D eigenvalue weighted by Crippen LogP contribution is -2.51. The van der Waals surface area contributed by atoms with E-state index in [0.717, 1.165) is 24.0 Å². The monoisotopic (exact) mass is 393 g/mol. The van der Waals surface area contributed by atoms with Gasteiger partial charge in [0.05, 0.1) is 6.54 Å². The Bertz CT molecular complexity index is 928. The number of rotatable bonds is 3. The van der Waals surface area contributed by atoms with E-state index in [1.54, 1.807) is 0 Å². The predicted molar refractivity (Wildman–Crippen MR) is 106 cm³/mol. The number of aliphatic carboxylic acids is 1. The van der Waals surface area contributed by atoms with Gasteiger partial charge in [0.15, 0.2) is 5.60 Å². The Hall–Kier alpha value is -2.86. The van der Waals surface area contributed by atoms with E-state index < -0.39 is 17.7 Å². The maximum atomic E-state index is 12.8. The summed E-state index contributed by atoms with van der Waals surface area (Å²) < 4.78 is 11.3. The fraction of sp³-hybridized carbons (Fsp3) is 0.391. The highest BCUT2D eigenvalue weighted by Gasteiger charge is 2.56. The Labute approximate surface area is 169 Å². The Balaban J connectivity index is 1.32. The van der Waals surface area contributed by atoms with Crippen molar-refractivity contribution in [3.63, 3.8) is 0 Å². The van der Waals surface area contributed by atoms with E-state index in [-0.39, 0.29) is 25.0 Å². The third-order valence-corrected chi connectivity index (χ3v) is 6.54. The van der Waals surface area contributed by atoms with Crippen LogP contribution in [0.3, 0.4) is 0 Å². The van der Waals surface area contributed by atoms with Gasteiger partial charge in [-0.2, -0.15) is 0 Å². The number of carbonyl (C=O) groups excluding carboxylic acids is 1. The normalized spacial score (nSPS) is 25.2. The second-order valence-corrected chi connectivity index (χ2v) is 8.07. The fourth-order valence-corrected chi connectivity index (χ4v) is 5.09. The Morgan fingerprint density at radius 1 is 1.10 bits per heavy atom. The third kappa shape index (κ3) is 2.82. The molecule has 2 unspecified atom stereocenters. The molecule has 150 valence electrons. The summed E-state index contributed by atoms with van der Waals surface area (Å²) >= 11 is 0. The molecule has 3 aliphatic rings. The molecular formula is C23H23NO5. The first-order valence-electron chi connectivity index (χ1n) is 10.1. The number of fused-ring (bicyclic) bond motifs is 4. The molecule has 2 aliphatic heterocycles. The van der Waals surface area contributed by atoms with Crippen LogP contribution in [0.4, 0.5) is 4.79 Å². The summed E-state index contributed by atoms with van der Waals surface area (Å²) in [6.07, 6.45) is 1.10. The summed E-state index contributed by atoms with van der Waals surface area (Å²) in [5.74, 6) is -1.19. The Morgan fingerprint density at radius 3 is 2.38 bits per heavy atom. The zero-order chi connectivity index (χ0) is 20.0. The Morgan fingerprint density at radius 2 is 1.76 bits per heavy atom. The summed E-state index contributed by atoms with van der Waals surface area (Å²) in [5.41, 5.74) is 3.37. The largest absolute Gasteiger partial charge is 0.479 e. The third-order valence-electron chi connectivity index (χ3n) is 6.54. The second kappa shape index (κ2) is 6.88. The van der Waals surface area contributed by atoms with Gasteiger partial charge >= 0.3 is 12.1 Å². The van der Waals surface area contributed by atoms with Gasteiger partial charge in [0.1, 0.15) is 6.61 Å². The number of carboxylic acids is 1. The zero-order valence-electron chi connectivity index (χ0n) is 16.0. The summed E-state index contributed by atoms with van der Waals surface area (Å²) in [6, 6.07) is 16.4. The molecule has 0 bridgehead atoms. The summed E-state index contributed by atoms with van der Waals surface area (Å²) in [5, 5.41) is 9.72. The summed E-state index contributed by atoms with van der Waals surface area (Å²) in [6.45, 7) is 1.06. The molecule has 29 heavy (non-hydrogen) atoms. The molecule has 0 aromatic heterocycles. The first kappa shape index (κ1) is 18.2. The van der Waals surface area contributed by atoms with Crippen LogP contribution in [-0.2, 0) is 14.3 Å². The van der Waals surface area contributed by atoms with E-state index in [4.69, 9.17) is 9.47 Å². The lowest BCUT2D eigenvalue weighted by atomic mass is 9.85. The van der Waals surface area contributed by atoms with Gasteiger partial charge in [-0.1, -0.05) is 48.5 Å². The molecule has 2 aromatic carbocycles. The SMILES string of the molecule is O=C(OCC1c2ccccc2-c2ccccc21)N1CC2CCCOC2(C(=O)O)C1. The molecular weight excluding hydrogens is 370 g/mol. The highest BCUT2D eigenvalue weighted by Crippen LogP contribution is 2.45.